The zero-order valence-corrected chi connectivity index (χ0v) is 10.4. The molecule has 8 heteroatoms. The predicted octanol–water partition coefficient (Wildman–Crippen LogP) is 0.750. The summed E-state index contributed by atoms with van der Waals surface area (Å²) in [6, 6.07) is 0. The van der Waals surface area contributed by atoms with Gasteiger partial charge in [0.2, 0.25) is 0 Å². The number of hydrogen-bond acceptors (Lipinski definition) is 5. The molecule has 0 spiro atoms. The van der Waals surface area contributed by atoms with Gasteiger partial charge in [-0.25, -0.2) is 10.1 Å². The Hall–Kier alpha value is -1.44. The normalized spacial score (nSPS) is 44.1. The zero-order chi connectivity index (χ0) is 13.3. The first-order valence-electron chi connectivity index (χ1n) is 6.14. The molecule has 3 saturated heterocycles. The third-order valence-corrected chi connectivity index (χ3v) is 5.20. The van der Waals surface area contributed by atoms with Gasteiger partial charge in [0.25, 0.3) is 0 Å². The summed E-state index contributed by atoms with van der Waals surface area (Å²) < 4.78 is 0. The number of nitro groups is 2. The van der Waals surface area contributed by atoms with Crippen LogP contribution in [-0.4, -0.2) is 38.8 Å². The molecule has 4 aliphatic rings. The van der Waals surface area contributed by atoms with Gasteiger partial charge in [-0.2, -0.15) is 5.01 Å². The maximum Gasteiger partial charge on any atom is 0.367 e. The van der Waals surface area contributed by atoms with Crippen LogP contribution in [0.2, 0.25) is 0 Å². The molecule has 0 aromatic rings. The van der Waals surface area contributed by atoms with Gasteiger partial charge < -0.3 is 0 Å². The molecule has 1 aliphatic carbocycles. The van der Waals surface area contributed by atoms with Gasteiger partial charge in [-0.1, -0.05) is 13.8 Å². The van der Waals surface area contributed by atoms with Crippen LogP contribution in [0.25, 0.3) is 0 Å². The standard InChI is InChI=1S/C10H16N4O4/c1-9(2)8-3-7-4-10(9,13(15)16)12(14(17)18)11(5-7)6-8/h7-8H,3-6H2,1-2H3. The molecule has 8 nitrogen and oxygen atoms in total. The summed E-state index contributed by atoms with van der Waals surface area (Å²) in [4.78, 5) is 22.5. The van der Waals surface area contributed by atoms with Crippen LogP contribution in [0.1, 0.15) is 26.7 Å². The summed E-state index contributed by atoms with van der Waals surface area (Å²) in [5.41, 5.74) is -2.27. The quantitative estimate of drug-likeness (QED) is 0.534. The maximum absolute atomic E-state index is 11.6. The lowest BCUT2D eigenvalue weighted by Gasteiger charge is -2.61. The van der Waals surface area contributed by atoms with E-state index in [2.05, 4.69) is 0 Å². The molecule has 4 bridgehead atoms. The summed E-state index contributed by atoms with van der Waals surface area (Å²) in [6.45, 7) is 4.73. The van der Waals surface area contributed by atoms with E-state index in [-0.39, 0.29) is 18.3 Å². The average Bonchev–Trinajstić information content (AvgIpc) is 2.24. The number of hydrogen-bond donors (Lipinski definition) is 0. The molecule has 0 aromatic heterocycles. The molecule has 4 atom stereocenters. The fourth-order valence-electron chi connectivity index (χ4n) is 4.19. The first-order valence-corrected chi connectivity index (χ1v) is 6.14. The first kappa shape index (κ1) is 11.6. The van der Waals surface area contributed by atoms with Crippen molar-refractivity contribution in [1.82, 2.24) is 10.1 Å². The number of rotatable bonds is 2. The van der Waals surface area contributed by atoms with Crippen LogP contribution in [0, 0.1) is 37.5 Å². The third kappa shape index (κ3) is 1.05. The largest absolute Gasteiger partial charge is 0.367 e. The Morgan fingerprint density at radius 3 is 2.44 bits per heavy atom. The fourth-order valence-corrected chi connectivity index (χ4v) is 4.19. The number of piperidine rings is 1. The van der Waals surface area contributed by atoms with Crippen LogP contribution in [0.5, 0.6) is 0 Å². The zero-order valence-electron chi connectivity index (χ0n) is 10.4. The van der Waals surface area contributed by atoms with E-state index in [0.29, 0.717) is 13.1 Å². The first-order chi connectivity index (χ1) is 8.30. The molecule has 0 radical (unpaired) electrons. The van der Waals surface area contributed by atoms with E-state index in [0.717, 1.165) is 11.5 Å². The summed E-state index contributed by atoms with van der Waals surface area (Å²) in [7, 11) is 0. The Bertz CT molecular complexity index is 440. The monoisotopic (exact) mass is 256 g/mol. The van der Waals surface area contributed by atoms with Crippen molar-refractivity contribution in [2.45, 2.75) is 32.4 Å². The molecule has 3 heterocycles. The predicted molar refractivity (Wildman–Crippen MR) is 60.1 cm³/mol. The van der Waals surface area contributed by atoms with Gasteiger partial charge in [0, 0.05) is 24.6 Å². The highest BCUT2D eigenvalue weighted by Crippen LogP contribution is 2.59. The van der Waals surface area contributed by atoms with Crippen molar-refractivity contribution in [2.75, 3.05) is 13.1 Å². The molecule has 4 rings (SSSR count). The minimum absolute atomic E-state index is 0.159. The molecular weight excluding hydrogens is 240 g/mol. The summed E-state index contributed by atoms with van der Waals surface area (Å²) in [5, 5.41) is 24.7. The molecular formula is C10H16N4O4. The molecule has 3 aliphatic heterocycles. The lowest BCUT2D eigenvalue weighted by atomic mass is 9.55. The van der Waals surface area contributed by atoms with Crippen molar-refractivity contribution in [1.29, 1.82) is 0 Å². The Balaban J connectivity index is 2.18. The molecule has 1 saturated carbocycles. The van der Waals surface area contributed by atoms with Crippen LogP contribution in [0.3, 0.4) is 0 Å². The summed E-state index contributed by atoms with van der Waals surface area (Å²) in [5.74, 6) is 0.366. The minimum Gasteiger partial charge on any atom is -0.262 e. The Morgan fingerprint density at radius 2 is 1.89 bits per heavy atom. The van der Waals surface area contributed by atoms with E-state index in [1.165, 1.54) is 0 Å². The van der Waals surface area contributed by atoms with Gasteiger partial charge >= 0.3 is 5.66 Å². The van der Waals surface area contributed by atoms with Crippen LogP contribution >= 0.6 is 0 Å². The lowest BCUT2D eigenvalue weighted by Crippen LogP contribution is -2.81. The Kier molecular flexibility index (Phi) is 2.01. The minimum atomic E-state index is -1.58. The van der Waals surface area contributed by atoms with Crippen molar-refractivity contribution >= 4 is 0 Å². The number of nitrogens with zero attached hydrogens (tertiary/aromatic N) is 4. The van der Waals surface area contributed by atoms with E-state index in [4.69, 9.17) is 0 Å². The van der Waals surface area contributed by atoms with Gasteiger partial charge in [-0.3, -0.25) is 10.1 Å². The van der Waals surface area contributed by atoms with Gasteiger partial charge in [0.1, 0.15) is 0 Å². The second kappa shape index (κ2) is 3.11. The Labute approximate surface area is 104 Å². The lowest BCUT2D eigenvalue weighted by molar-refractivity contribution is -0.823. The highest BCUT2D eigenvalue weighted by atomic mass is 16.7. The van der Waals surface area contributed by atoms with Crippen molar-refractivity contribution < 1.29 is 9.96 Å². The molecule has 0 aromatic carbocycles. The van der Waals surface area contributed by atoms with Gasteiger partial charge in [0.15, 0.2) is 5.03 Å². The van der Waals surface area contributed by atoms with Crippen molar-refractivity contribution in [3.05, 3.63) is 20.2 Å². The highest BCUT2D eigenvalue weighted by molar-refractivity contribution is 5.08. The van der Waals surface area contributed by atoms with Gasteiger partial charge in [-0.15, -0.1) is 0 Å². The van der Waals surface area contributed by atoms with Crippen molar-refractivity contribution in [3.63, 3.8) is 0 Å². The third-order valence-electron chi connectivity index (χ3n) is 5.20. The van der Waals surface area contributed by atoms with Crippen molar-refractivity contribution in [2.24, 2.45) is 17.3 Å². The average molecular weight is 256 g/mol. The van der Waals surface area contributed by atoms with Crippen LogP contribution < -0.4 is 0 Å². The second-order valence-corrected chi connectivity index (χ2v) is 6.20. The molecule has 18 heavy (non-hydrogen) atoms. The van der Waals surface area contributed by atoms with Gasteiger partial charge in [-0.05, 0) is 18.3 Å². The molecule has 100 valence electrons. The fraction of sp³-hybridized carbons (Fsp3) is 1.00. The van der Waals surface area contributed by atoms with Crippen LogP contribution in [0.15, 0.2) is 0 Å². The van der Waals surface area contributed by atoms with E-state index < -0.39 is 21.0 Å². The van der Waals surface area contributed by atoms with E-state index >= 15 is 0 Å². The smallest absolute Gasteiger partial charge is 0.262 e. The molecule has 4 unspecified atom stereocenters. The SMILES string of the molecule is CC1(C)C2CC3CN(C2)N([N+](=O)[O-])C1([N+](=O)[O-])C3. The Morgan fingerprint density at radius 1 is 1.22 bits per heavy atom. The highest BCUT2D eigenvalue weighted by Gasteiger charge is 2.77. The summed E-state index contributed by atoms with van der Waals surface area (Å²) in [6.07, 6.45) is 1.23. The van der Waals surface area contributed by atoms with Crippen molar-refractivity contribution in [3.8, 4) is 0 Å². The number of hydrazine groups is 2. The maximum atomic E-state index is 11.6. The van der Waals surface area contributed by atoms with E-state index in [9.17, 15) is 20.2 Å². The van der Waals surface area contributed by atoms with Crippen LogP contribution in [0.4, 0.5) is 0 Å². The second-order valence-electron chi connectivity index (χ2n) is 6.20. The topological polar surface area (TPSA) is 92.8 Å². The summed E-state index contributed by atoms with van der Waals surface area (Å²) >= 11 is 0. The van der Waals surface area contributed by atoms with E-state index in [1.807, 2.05) is 0 Å². The molecule has 0 N–H and O–H groups in total. The van der Waals surface area contributed by atoms with Gasteiger partial charge in [0.05, 0.1) is 10.3 Å². The molecule has 4 fully saturated rings. The van der Waals surface area contributed by atoms with Crippen LogP contribution in [-0.2, 0) is 0 Å². The van der Waals surface area contributed by atoms with E-state index in [1.54, 1.807) is 18.9 Å². The molecule has 0 amide bonds.